The summed E-state index contributed by atoms with van der Waals surface area (Å²) in [4.78, 5) is 45.0. The minimum atomic E-state index is -0.723. The van der Waals surface area contributed by atoms with Gasteiger partial charge in [0.05, 0.1) is 5.56 Å². The molecule has 0 unspecified atom stereocenters. The molecule has 0 aliphatic carbocycles. The van der Waals surface area contributed by atoms with Crippen molar-refractivity contribution in [3.63, 3.8) is 0 Å². The zero-order valence-electron chi connectivity index (χ0n) is 12.4. The minimum absolute atomic E-state index is 0.0633. The lowest BCUT2D eigenvalue weighted by Crippen LogP contribution is -2.44. The van der Waals surface area contributed by atoms with E-state index in [1.807, 2.05) is 6.92 Å². The van der Waals surface area contributed by atoms with Gasteiger partial charge in [0.1, 0.15) is 6.29 Å². The number of nitrogens with one attached hydrogen (secondary N) is 2. The summed E-state index contributed by atoms with van der Waals surface area (Å²) in [5.41, 5.74) is 0.637. The summed E-state index contributed by atoms with van der Waals surface area (Å²) in [6.07, 6.45) is 1.38. The van der Waals surface area contributed by atoms with Crippen LogP contribution in [0.15, 0.2) is 24.3 Å². The molecule has 1 rings (SSSR count). The number of ether oxygens (including phenoxy) is 1. The Labute approximate surface area is 128 Å². The maximum atomic E-state index is 11.7. The molecular formula is C15H18N2O5. The molecule has 0 aromatic heterocycles. The van der Waals surface area contributed by atoms with E-state index in [-0.39, 0.29) is 11.6 Å². The zero-order chi connectivity index (χ0) is 16.5. The van der Waals surface area contributed by atoms with Gasteiger partial charge in [-0.25, -0.2) is 9.59 Å². The molecule has 0 saturated heterocycles. The highest BCUT2D eigenvalue weighted by Crippen LogP contribution is 2.04. The van der Waals surface area contributed by atoms with Crippen molar-refractivity contribution in [3.8, 4) is 0 Å². The Balaban J connectivity index is 2.41. The average Bonchev–Trinajstić information content (AvgIpc) is 2.52. The number of carbonyl (C=O) groups excluding carboxylic acids is 4. The van der Waals surface area contributed by atoms with Crippen LogP contribution in [0.4, 0.5) is 4.79 Å². The van der Waals surface area contributed by atoms with Crippen LogP contribution in [-0.4, -0.2) is 36.8 Å². The van der Waals surface area contributed by atoms with E-state index in [0.29, 0.717) is 11.8 Å². The molecule has 3 amide bonds. The van der Waals surface area contributed by atoms with Gasteiger partial charge < -0.3 is 10.1 Å². The van der Waals surface area contributed by atoms with Gasteiger partial charge >= 0.3 is 12.0 Å². The Morgan fingerprint density at radius 3 is 2.41 bits per heavy atom. The second-order valence-electron chi connectivity index (χ2n) is 4.65. The van der Waals surface area contributed by atoms with Crippen molar-refractivity contribution >= 4 is 24.2 Å². The lowest BCUT2D eigenvalue weighted by Gasteiger charge is -2.11. The van der Waals surface area contributed by atoms with Crippen LogP contribution in [0, 0.1) is 0 Å². The van der Waals surface area contributed by atoms with Gasteiger partial charge in [-0.3, -0.25) is 14.9 Å². The summed E-state index contributed by atoms with van der Waals surface area (Å²) in [6, 6.07) is 5.06. The first kappa shape index (κ1) is 17.4. The second kappa shape index (κ2) is 8.56. The Hall–Kier alpha value is -2.70. The van der Waals surface area contributed by atoms with Crippen molar-refractivity contribution in [2.45, 2.75) is 26.3 Å². The second-order valence-corrected chi connectivity index (χ2v) is 4.65. The van der Waals surface area contributed by atoms with Gasteiger partial charge in [-0.2, -0.15) is 0 Å². The average molecular weight is 306 g/mol. The van der Waals surface area contributed by atoms with Crippen LogP contribution < -0.4 is 10.6 Å². The number of rotatable bonds is 6. The molecule has 1 aromatic rings. The first-order valence-corrected chi connectivity index (χ1v) is 6.79. The van der Waals surface area contributed by atoms with Crippen LogP contribution >= 0.6 is 0 Å². The van der Waals surface area contributed by atoms with Crippen LogP contribution in [0.5, 0.6) is 0 Å². The van der Waals surface area contributed by atoms with Crippen molar-refractivity contribution in [1.82, 2.24) is 10.6 Å². The highest BCUT2D eigenvalue weighted by Gasteiger charge is 2.13. The number of hydrogen-bond donors (Lipinski definition) is 2. The zero-order valence-corrected chi connectivity index (χ0v) is 12.4. The van der Waals surface area contributed by atoms with E-state index in [9.17, 15) is 19.2 Å². The van der Waals surface area contributed by atoms with Crippen molar-refractivity contribution in [1.29, 1.82) is 0 Å². The number of benzene rings is 1. The number of esters is 1. The predicted octanol–water partition coefficient (Wildman–Crippen LogP) is 1.28. The van der Waals surface area contributed by atoms with Crippen LogP contribution in [-0.2, 0) is 9.53 Å². The van der Waals surface area contributed by atoms with Crippen LogP contribution in [0.1, 0.15) is 41.0 Å². The summed E-state index contributed by atoms with van der Waals surface area (Å²) in [7, 11) is 0. The smallest absolute Gasteiger partial charge is 0.338 e. The van der Waals surface area contributed by atoms with Gasteiger partial charge in [0.2, 0.25) is 0 Å². The van der Waals surface area contributed by atoms with Gasteiger partial charge in [0, 0.05) is 11.6 Å². The molecule has 0 heterocycles. The molecule has 2 N–H and O–H groups in total. The van der Waals surface area contributed by atoms with E-state index >= 15 is 0 Å². The van der Waals surface area contributed by atoms with Crippen molar-refractivity contribution in [2.24, 2.45) is 0 Å². The van der Waals surface area contributed by atoms with E-state index in [1.165, 1.54) is 24.3 Å². The standard InChI is InChI=1S/C15H18N2O5/c1-3-10(2)16-15(21)17-13(19)9-22-14(20)12-6-4-11(8-18)5-7-12/h4-8,10H,3,9H2,1-2H3,(H2,16,17,19,21)/t10-/m0/s1. The molecule has 0 saturated carbocycles. The fourth-order valence-electron chi connectivity index (χ4n) is 1.44. The van der Waals surface area contributed by atoms with E-state index in [4.69, 9.17) is 4.74 Å². The Bertz CT molecular complexity index is 554. The summed E-state index contributed by atoms with van der Waals surface area (Å²) in [5, 5.41) is 4.61. The predicted molar refractivity (Wildman–Crippen MR) is 78.5 cm³/mol. The topological polar surface area (TPSA) is 102 Å². The highest BCUT2D eigenvalue weighted by molar-refractivity contribution is 5.97. The number of hydrogen-bond acceptors (Lipinski definition) is 5. The van der Waals surface area contributed by atoms with Crippen molar-refractivity contribution in [3.05, 3.63) is 35.4 Å². The molecule has 118 valence electrons. The SMILES string of the molecule is CC[C@H](C)NC(=O)NC(=O)COC(=O)c1ccc(C=O)cc1. The molecule has 0 spiro atoms. The molecule has 22 heavy (non-hydrogen) atoms. The molecule has 7 nitrogen and oxygen atoms in total. The third kappa shape index (κ3) is 5.74. The summed E-state index contributed by atoms with van der Waals surface area (Å²) in [6.45, 7) is 3.12. The fourth-order valence-corrected chi connectivity index (χ4v) is 1.44. The van der Waals surface area contributed by atoms with Gasteiger partial charge in [0.15, 0.2) is 6.61 Å². The molecule has 0 radical (unpaired) electrons. The molecule has 0 aliphatic rings. The molecule has 0 fully saturated rings. The van der Waals surface area contributed by atoms with Crippen LogP contribution in [0.2, 0.25) is 0 Å². The van der Waals surface area contributed by atoms with Gasteiger partial charge in [-0.1, -0.05) is 19.1 Å². The Kier molecular flexibility index (Phi) is 6.75. The largest absolute Gasteiger partial charge is 0.452 e. The third-order valence-corrected chi connectivity index (χ3v) is 2.86. The van der Waals surface area contributed by atoms with Crippen molar-refractivity contribution < 1.29 is 23.9 Å². The van der Waals surface area contributed by atoms with Gasteiger partial charge in [-0.15, -0.1) is 0 Å². The van der Waals surface area contributed by atoms with E-state index in [2.05, 4.69) is 10.6 Å². The minimum Gasteiger partial charge on any atom is -0.452 e. The first-order chi connectivity index (χ1) is 10.5. The number of amides is 3. The molecule has 7 heteroatoms. The molecule has 0 aliphatic heterocycles. The molecular weight excluding hydrogens is 288 g/mol. The highest BCUT2D eigenvalue weighted by atomic mass is 16.5. The first-order valence-electron chi connectivity index (χ1n) is 6.79. The number of carbonyl (C=O) groups is 4. The third-order valence-electron chi connectivity index (χ3n) is 2.86. The van der Waals surface area contributed by atoms with Crippen LogP contribution in [0.3, 0.4) is 0 Å². The lowest BCUT2D eigenvalue weighted by atomic mass is 10.1. The monoisotopic (exact) mass is 306 g/mol. The maximum Gasteiger partial charge on any atom is 0.338 e. The molecule has 1 atom stereocenters. The van der Waals surface area contributed by atoms with Gasteiger partial charge in [-0.05, 0) is 25.5 Å². The van der Waals surface area contributed by atoms with E-state index in [1.54, 1.807) is 6.92 Å². The van der Waals surface area contributed by atoms with Crippen molar-refractivity contribution in [2.75, 3.05) is 6.61 Å². The fraction of sp³-hybridized carbons (Fsp3) is 0.333. The summed E-state index contributed by atoms with van der Waals surface area (Å²) < 4.78 is 4.78. The van der Waals surface area contributed by atoms with Crippen LogP contribution in [0.25, 0.3) is 0 Å². The maximum absolute atomic E-state index is 11.7. The number of imide groups is 1. The lowest BCUT2D eigenvalue weighted by molar-refractivity contribution is -0.123. The summed E-state index contributed by atoms with van der Waals surface area (Å²) >= 11 is 0. The number of aldehydes is 1. The number of urea groups is 1. The van der Waals surface area contributed by atoms with E-state index < -0.39 is 24.5 Å². The summed E-state index contributed by atoms with van der Waals surface area (Å²) in [5.74, 6) is -1.44. The Morgan fingerprint density at radius 2 is 1.86 bits per heavy atom. The normalized spacial score (nSPS) is 11.2. The molecule has 0 bridgehead atoms. The quantitative estimate of drug-likeness (QED) is 0.609. The Morgan fingerprint density at radius 1 is 1.23 bits per heavy atom. The molecule has 1 aromatic carbocycles. The van der Waals surface area contributed by atoms with E-state index in [0.717, 1.165) is 6.42 Å². The van der Waals surface area contributed by atoms with Gasteiger partial charge in [0.25, 0.3) is 5.91 Å².